The molecule has 9 heteroatoms. The molecule has 0 unspecified atom stereocenters. The number of nitrogens with one attached hydrogen (secondary N) is 1. The zero-order chi connectivity index (χ0) is 24.2. The first-order chi connectivity index (χ1) is 16.4. The molecule has 1 saturated heterocycles. The summed E-state index contributed by atoms with van der Waals surface area (Å²) in [5.41, 5.74) is 2.96. The standard InChI is InChI=1S/C25H28ClFN4O3/c1-4-33-23-13-17-21(14-22(23)31-10-8-30(3)9-11-31)28-15-18(25(32)34-5-2)24(17)29-16-6-7-20(27)19(26)12-16/h6-7,12-15H,4-5,8-11H2,1-3H3,(H,28,29). The molecule has 2 aromatic carbocycles. The number of fused-ring (bicyclic) bond motifs is 1. The summed E-state index contributed by atoms with van der Waals surface area (Å²) in [7, 11) is 2.11. The summed E-state index contributed by atoms with van der Waals surface area (Å²) < 4.78 is 25.0. The van der Waals surface area contributed by atoms with E-state index in [4.69, 9.17) is 21.1 Å². The van der Waals surface area contributed by atoms with Crippen LogP contribution in [0.5, 0.6) is 5.75 Å². The number of carbonyl (C=O) groups is 1. The number of carbonyl (C=O) groups excluding carboxylic acids is 1. The molecule has 3 aromatic rings. The van der Waals surface area contributed by atoms with E-state index in [-0.39, 0.29) is 17.2 Å². The number of hydrogen-bond acceptors (Lipinski definition) is 7. The van der Waals surface area contributed by atoms with Gasteiger partial charge in [-0.15, -0.1) is 0 Å². The lowest BCUT2D eigenvalue weighted by atomic mass is 10.1. The van der Waals surface area contributed by atoms with Crippen LogP contribution in [0.1, 0.15) is 24.2 Å². The molecule has 2 heterocycles. The minimum atomic E-state index is -0.520. The lowest BCUT2D eigenvalue weighted by Crippen LogP contribution is -2.44. The van der Waals surface area contributed by atoms with Gasteiger partial charge in [0, 0.05) is 43.4 Å². The average molecular weight is 487 g/mol. The summed E-state index contributed by atoms with van der Waals surface area (Å²) >= 11 is 5.99. The molecule has 0 amide bonds. The van der Waals surface area contributed by atoms with Crippen LogP contribution in [0.2, 0.25) is 5.02 Å². The van der Waals surface area contributed by atoms with Gasteiger partial charge >= 0.3 is 5.97 Å². The van der Waals surface area contributed by atoms with Crippen molar-refractivity contribution in [1.82, 2.24) is 9.88 Å². The topological polar surface area (TPSA) is 66.9 Å². The summed E-state index contributed by atoms with van der Waals surface area (Å²) in [6.45, 7) is 8.07. The summed E-state index contributed by atoms with van der Waals surface area (Å²) in [6.07, 6.45) is 1.50. The molecular formula is C25H28ClFN4O3. The maximum absolute atomic E-state index is 13.7. The van der Waals surface area contributed by atoms with E-state index in [1.165, 1.54) is 18.3 Å². The largest absolute Gasteiger partial charge is 0.492 e. The van der Waals surface area contributed by atoms with Crippen molar-refractivity contribution >= 4 is 45.5 Å². The van der Waals surface area contributed by atoms with Crippen molar-refractivity contribution in [3.63, 3.8) is 0 Å². The quantitative estimate of drug-likeness (QED) is 0.466. The van der Waals surface area contributed by atoms with Gasteiger partial charge in [0.2, 0.25) is 0 Å². The van der Waals surface area contributed by atoms with Gasteiger partial charge in [0.15, 0.2) is 0 Å². The van der Waals surface area contributed by atoms with Crippen LogP contribution in [0.15, 0.2) is 36.5 Å². The minimum absolute atomic E-state index is 0.0200. The molecule has 1 aliphatic heterocycles. The maximum atomic E-state index is 13.7. The number of ether oxygens (including phenoxy) is 2. The van der Waals surface area contributed by atoms with E-state index in [0.29, 0.717) is 34.6 Å². The van der Waals surface area contributed by atoms with Gasteiger partial charge in [-0.25, -0.2) is 9.18 Å². The van der Waals surface area contributed by atoms with Crippen LogP contribution in [0, 0.1) is 5.82 Å². The second kappa shape index (κ2) is 10.4. The highest BCUT2D eigenvalue weighted by atomic mass is 35.5. The van der Waals surface area contributed by atoms with Gasteiger partial charge in [0.1, 0.15) is 17.1 Å². The van der Waals surface area contributed by atoms with E-state index in [0.717, 1.165) is 31.9 Å². The molecule has 0 spiro atoms. The second-order valence-electron chi connectivity index (χ2n) is 8.08. The highest BCUT2D eigenvalue weighted by molar-refractivity contribution is 6.31. The van der Waals surface area contributed by atoms with Crippen LogP contribution < -0.4 is 15.0 Å². The number of esters is 1. The van der Waals surface area contributed by atoms with E-state index in [1.54, 1.807) is 13.0 Å². The van der Waals surface area contributed by atoms with Gasteiger partial charge in [0.05, 0.1) is 35.1 Å². The number of benzene rings is 2. The molecular weight excluding hydrogens is 459 g/mol. The Balaban J connectivity index is 1.86. The molecule has 1 aliphatic rings. The fourth-order valence-corrected chi connectivity index (χ4v) is 4.17. The van der Waals surface area contributed by atoms with E-state index >= 15 is 0 Å². The second-order valence-corrected chi connectivity index (χ2v) is 8.49. The Morgan fingerprint density at radius 2 is 1.91 bits per heavy atom. The first-order valence-electron chi connectivity index (χ1n) is 11.3. The lowest BCUT2D eigenvalue weighted by Gasteiger charge is -2.35. The van der Waals surface area contributed by atoms with Crippen molar-refractivity contribution in [2.75, 3.05) is 56.7 Å². The fourth-order valence-electron chi connectivity index (χ4n) is 3.99. The zero-order valence-electron chi connectivity index (χ0n) is 19.5. The number of halogens is 2. The van der Waals surface area contributed by atoms with Gasteiger partial charge in [-0.1, -0.05) is 11.6 Å². The summed E-state index contributed by atoms with van der Waals surface area (Å²) in [6, 6.07) is 8.19. The van der Waals surface area contributed by atoms with Crippen molar-refractivity contribution in [1.29, 1.82) is 0 Å². The van der Waals surface area contributed by atoms with Crippen molar-refractivity contribution in [2.45, 2.75) is 13.8 Å². The molecule has 4 rings (SSSR count). The Labute approximate surface area is 203 Å². The molecule has 0 radical (unpaired) electrons. The number of rotatable bonds is 7. The SMILES string of the molecule is CCOC(=O)c1cnc2cc(N3CCN(C)CC3)c(OCC)cc2c1Nc1ccc(F)c(Cl)c1. The van der Waals surface area contributed by atoms with Gasteiger partial charge in [0.25, 0.3) is 0 Å². The number of nitrogens with zero attached hydrogens (tertiary/aromatic N) is 3. The number of hydrogen-bond donors (Lipinski definition) is 1. The van der Waals surface area contributed by atoms with Crippen LogP contribution in [0.4, 0.5) is 21.5 Å². The molecule has 1 N–H and O–H groups in total. The monoisotopic (exact) mass is 486 g/mol. The zero-order valence-corrected chi connectivity index (χ0v) is 20.3. The first-order valence-corrected chi connectivity index (χ1v) is 11.7. The van der Waals surface area contributed by atoms with E-state index in [9.17, 15) is 9.18 Å². The Kier molecular flexibility index (Phi) is 7.38. The third-order valence-corrected chi connectivity index (χ3v) is 6.07. The summed E-state index contributed by atoms with van der Waals surface area (Å²) in [5, 5.41) is 3.90. The summed E-state index contributed by atoms with van der Waals surface area (Å²) in [5.74, 6) is -0.316. The number of likely N-dealkylation sites (N-methyl/N-ethyl adjacent to an activating group) is 1. The Morgan fingerprint density at radius 3 is 2.59 bits per heavy atom. The minimum Gasteiger partial charge on any atom is -0.492 e. The third-order valence-electron chi connectivity index (χ3n) is 5.78. The normalized spacial score (nSPS) is 14.3. The smallest absolute Gasteiger partial charge is 0.341 e. The van der Waals surface area contributed by atoms with Crippen molar-refractivity contribution in [2.24, 2.45) is 0 Å². The Hall–Kier alpha value is -3.10. The molecule has 0 bridgehead atoms. The highest BCUT2D eigenvalue weighted by Gasteiger charge is 2.23. The number of piperazine rings is 1. The number of aromatic nitrogens is 1. The highest BCUT2D eigenvalue weighted by Crippen LogP contribution is 2.38. The lowest BCUT2D eigenvalue weighted by molar-refractivity contribution is 0.0527. The van der Waals surface area contributed by atoms with E-state index in [1.807, 2.05) is 19.1 Å². The molecule has 1 aromatic heterocycles. The third kappa shape index (κ3) is 5.03. The van der Waals surface area contributed by atoms with Crippen molar-refractivity contribution in [3.05, 3.63) is 52.9 Å². The van der Waals surface area contributed by atoms with E-state index < -0.39 is 11.8 Å². The van der Waals surface area contributed by atoms with Crippen molar-refractivity contribution < 1.29 is 18.7 Å². The predicted molar refractivity (Wildman–Crippen MR) is 133 cm³/mol. The van der Waals surface area contributed by atoms with Crippen LogP contribution in [-0.4, -0.2) is 62.3 Å². The van der Waals surface area contributed by atoms with Gasteiger partial charge in [-0.2, -0.15) is 0 Å². The average Bonchev–Trinajstić information content (AvgIpc) is 2.82. The molecule has 1 fully saturated rings. The fraction of sp³-hybridized carbons (Fsp3) is 0.360. The van der Waals surface area contributed by atoms with Crippen LogP contribution in [-0.2, 0) is 4.74 Å². The van der Waals surface area contributed by atoms with Crippen LogP contribution >= 0.6 is 11.6 Å². The summed E-state index contributed by atoms with van der Waals surface area (Å²) in [4.78, 5) is 21.9. The molecule has 180 valence electrons. The predicted octanol–water partition coefficient (Wildman–Crippen LogP) is 5.10. The molecule has 0 saturated carbocycles. The Bertz CT molecular complexity index is 1200. The Morgan fingerprint density at radius 1 is 1.15 bits per heavy atom. The van der Waals surface area contributed by atoms with Gasteiger partial charge < -0.3 is 24.6 Å². The number of anilines is 3. The van der Waals surface area contributed by atoms with Crippen molar-refractivity contribution in [3.8, 4) is 5.75 Å². The molecule has 7 nitrogen and oxygen atoms in total. The van der Waals surface area contributed by atoms with Gasteiger partial charge in [-0.3, -0.25) is 4.98 Å². The molecule has 34 heavy (non-hydrogen) atoms. The molecule has 0 aliphatic carbocycles. The van der Waals surface area contributed by atoms with Gasteiger partial charge in [-0.05, 0) is 51.2 Å². The first kappa shape index (κ1) is 24.0. The van der Waals surface area contributed by atoms with Crippen LogP contribution in [0.25, 0.3) is 10.9 Å². The number of pyridine rings is 1. The maximum Gasteiger partial charge on any atom is 0.341 e. The van der Waals surface area contributed by atoms with Crippen LogP contribution in [0.3, 0.4) is 0 Å². The molecule has 0 atom stereocenters. The van der Waals surface area contributed by atoms with E-state index in [2.05, 4.69) is 27.1 Å².